The largest absolute Gasteiger partial charge is 0.497 e. The molecule has 7 nitrogen and oxygen atoms in total. The van der Waals surface area contributed by atoms with E-state index in [-0.39, 0.29) is 0 Å². The zero-order valence-electron chi connectivity index (χ0n) is 18.7. The Hall–Kier alpha value is -3.87. The van der Waals surface area contributed by atoms with E-state index in [4.69, 9.17) is 18.9 Å². The van der Waals surface area contributed by atoms with Crippen LogP contribution in [0.5, 0.6) is 23.0 Å². The predicted molar refractivity (Wildman–Crippen MR) is 125 cm³/mol. The predicted octanol–water partition coefficient (Wildman–Crippen LogP) is 4.80. The number of aromatic amines is 1. The molecule has 1 heterocycles. The third-order valence-electron chi connectivity index (χ3n) is 5.36. The van der Waals surface area contributed by atoms with Crippen LogP contribution in [-0.2, 0) is 13.1 Å². The Morgan fingerprint density at radius 3 is 1.66 bits per heavy atom. The van der Waals surface area contributed by atoms with E-state index in [1.165, 1.54) is 0 Å². The summed E-state index contributed by atoms with van der Waals surface area (Å²) in [6.07, 6.45) is 1.83. The fraction of sp³-hybridized carbons (Fsp3) is 0.240. The van der Waals surface area contributed by atoms with Crippen LogP contribution in [0.1, 0.15) is 11.1 Å². The number of aromatic nitrogens is 2. The van der Waals surface area contributed by atoms with Crippen molar-refractivity contribution in [3.05, 3.63) is 71.9 Å². The van der Waals surface area contributed by atoms with Crippen molar-refractivity contribution in [2.45, 2.75) is 13.1 Å². The van der Waals surface area contributed by atoms with Gasteiger partial charge in [-0.3, -0.25) is 5.10 Å². The molecule has 0 atom stereocenters. The van der Waals surface area contributed by atoms with Gasteiger partial charge in [0.15, 0.2) is 0 Å². The number of fused-ring (bicyclic) bond motifs is 1. The first-order valence-corrected chi connectivity index (χ1v) is 10.2. The second-order valence-electron chi connectivity index (χ2n) is 7.44. The number of nitrogens with zero attached hydrogens (tertiary/aromatic N) is 2. The van der Waals surface area contributed by atoms with Crippen molar-refractivity contribution < 1.29 is 18.9 Å². The van der Waals surface area contributed by atoms with Crippen LogP contribution < -0.4 is 23.8 Å². The molecule has 0 saturated carbocycles. The van der Waals surface area contributed by atoms with Gasteiger partial charge in [-0.15, -0.1) is 0 Å². The Balaban J connectivity index is 1.73. The standard InChI is InChI=1S/C25H27N3O4/c1-29-21-7-17(8-22(12-21)30-2)15-28(20-5-6-25-19(11-20)14-26-27-25)16-18-9-23(31-3)13-24(10-18)32-4/h5-14H,15-16H2,1-4H3,(H,26,27). The molecule has 0 aliphatic heterocycles. The smallest absolute Gasteiger partial charge is 0.122 e. The van der Waals surface area contributed by atoms with Gasteiger partial charge >= 0.3 is 0 Å². The van der Waals surface area contributed by atoms with Crippen molar-refractivity contribution in [1.82, 2.24) is 10.2 Å². The highest BCUT2D eigenvalue weighted by molar-refractivity contribution is 5.82. The molecule has 1 aromatic heterocycles. The van der Waals surface area contributed by atoms with Crippen molar-refractivity contribution >= 4 is 16.6 Å². The molecule has 0 amide bonds. The quantitative estimate of drug-likeness (QED) is 0.409. The van der Waals surface area contributed by atoms with Crippen molar-refractivity contribution in [2.75, 3.05) is 33.3 Å². The molecule has 0 radical (unpaired) electrons. The van der Waals surface area contributed by atoms with Crippen LogP contribution in [0.3, 0.4) is 0 Å². The van der Waals surface area contributed by atoms with E-state index in [1.54, 1.807) is 28.4 Å². The number of hydrogen-bond donors (Lipinski definition) is 1. The molecule has 0 aliphatic rings. The van der Waals surface area contributed by atoms with Crippen molar-refractivity contribution in [1.29, 1.82) is 0 Å². The molecule has 0 spiro atoms. The maximum absolute atomic E-state index is 5.47. The SMILES string of the molecule is COc1cc(CN(Cc2cc(OC)cc(OC)c2)c2ccc3[nH]ncc3c2)cc(OC)c1. The van der Waals surface area contributed by atoms with Crippen molar-refractivity contribution in [3.8, 4) is 23.0 Å². The summed E-state index contributed by atoms with van der Waals surface area (Å²) in [6, 6.07) is 18.1. The minimum atomic E-state index is 0.649. The Morgan fingerprint density at radius 1 is 0.688 bits per heavy atom. The van der Waals surface area contributed by atoms with Gasteiger partial charge in [-0.05, 0) is 53.6 Å². The van der Waals surface area contributed by atoms with E-state index in [9.17, 15) is 0 Å². The minimum Gasteiger partial charge on any atom is -0.497 e. The van der Waals surface area contributed by atoms with Crippen LogP contribution in [0.4, 0.5) is 5.69 Å². The summed E-state index contributed by atoms with van der Waals surface area (Å²) in [5, 5.41) is 8.22. The van der Waals surface area contributed by atoms with E-state index >= 15 is 0 Å². The van der Waals surface area contributed by atoms with E-state index in [0.29, 0.717) is 13.1 Å². The lowest BCUT2D eigenvalue weighted by Crippen LogP contribution is -2.22. The normalized spacial score (nSPS) is 10.8. The first-order valence-electron chi connectivity index (χ1n) is 10.2. The first-order chi connectivity index (χ1) is 15.6. The Bertz CT molecular complexity index is 1100. The maximum Gasteiger partial charge on any atom is 0.122 e. The number of hydrogen-bond acceptors (Lipinski definition) is 6. The van der Waals surface area contributed by atoms with Crippen molar-refractivity contribution in [2.24, 2.45) is 0 Å². The van der Waals surface area contributed by atoms with Gasteiger partial charge in [0.05, 0.1) is 40.2 Å². The summed E-state index contributed by atoms with van der Waals surface area (Å²) in [5.74, 6) is 3.03. The fourth-order valence-corrected chi connectivity index (χ4v) is 3.72. The monoisotopic (exact) mass is 433 g/mol. The highest BCUT2D eigenvalue weighted by atomic mass is 16.5. The maximum atomic E-state index is 5.47. The Kier molecular flexibility index (Phi) is 6.35. The number of rotatable bonds is 9. The molecule has 7 heteroatoms. The molecule has 0 unspecified atom stereocenters. The van der Waals surface area contributed by atoms with Crippen LogP contribution in [0.15, 0.2) is 60.8 Å². The number of methoxy groups -OCH3 is 4. The molecule has 0 aliphatic carbocycles. The summed E-state index contributed by atoms with van der Waals surface area (Å²) < 4.78 is 21.9. The molecule has 0 fully saturated rings. The molecule has 0 saturated heterocycles. The lowest BCUT2D eigenvalue weighted by atomic mass is 10.1. The summed E-state index contributed by atoms with van der Waals surface area (Å²) in [7, 11) is 6.63. The summed E-state index contributed by atoms with van der Waals surface area (Å²) >= 11 is 0. The number of benzene rings is 3. The van der Waals surface area contributed by atoms with E-state index < -0.39 is 0 Å². The van der Waals surface area contributed by atoms with Crippen LogP contribution in [0, 0.1) is 0 Å². The van der Waals surface area contributed by atoms with Crippen LogP contribution in [0.25, 0.3) is 10.9 Å². The molecular formula is C25H27N3O4. The zero-order chi connectivity index (χ0) is 22.5. The highest BCUT2D eigenvalue weighted by Crippen LogP contribution is 2.30. The summed E-state index contributed by atoms with van der Waals surface area (Å²) in [5.41, 5.74) is 4.22. The summed E-state index contributed by atoms with van der Waals surface area (Å²) in [6.45, 7) is 1.30. The number of anilines is 1. The topological polar surface area (TPSA) is 68.8 Å². The molecule has 166 valence electrons. The lowest BCUT2D eigenvalue weighted by molar-refractivity contribution is 0.393. The van der Waals surface area contributed by atoms with Gasteiger partial charge in [0.2, 0.25) is 0 Å². The van der Waals surface area contributed by atoms with E-state index in [1.807, 2.05) is 48.7 Å². The first kappa shape index (κ1) is 21.4. The molecule has 0 bridgehead atoms. The van der Waals surface area contributed by atoms with E-state index in [0.717, 1.165) is 50.7 Å². The number of nitrogens with one attached hydrogen (secondary N) is 1. The van der Waals surface area contributed by atoms with Crippen LogP contribution in [0.2, 0.25) is 0 Å². The second kappa shape index (κ2) is 9.51. The Morgan fingerprint density at radius 2 is 1.19 bits per heavy atom. The third-order valence-corrected chi connectivity index (χ3v) is 5.36. The molecule has 4 aromatic rings. The van der Waals surface area contributed by atoms with Gasteiger partial charge in [-0.25, -0.2) is 0 Å². The zero-order valence-corrected chi connectivity index (χ0v) is 18.7. The minimum absolute atomic E-state index is 0.649. The molecule has 3 aromatic carbocycles. The number of H-pyrrole nitrogens is 1. The van der Waals surface area contributed by atoms with E-state index in [2.05, 4.69) is 27.2 Å². The van der Waals surface area contributed by atoms with Gasteiger partial charge in [0.25, 0.3) is 0 Å². The van der Waals surface area contributed by atoms with Gasteiger partial charge in [-0.2, -0.15) is 5.10 Å². The second-order valence-corrected chi connectivity index (χ2v) is 7.44. The third kappa shape index (κ3) is 4.72. The van der Waals surface area contributed by atoms with Gasteiger partial charge in [0, 0.05) is 36.3 Å². The van der Waals surface area contributed by atoms with Crippen LogP contribution >= 0.6 is 0 Å². The average molecular weight is 434 g/mol. The molecule has 1 N–H and O–H groups in total. The van der Waals surface area contributed by atoms with Gasteiger partial charge in [0.1, 0.15) is 23.0 Å². The molecule has 32 heavy (non-hydrogen) atoms. The average Bonchev–Trinajstić information content (AvgIpc) is 3.31. The summed E-state index contributed by atoms with van der Waals surface area (Å²) in [4.78, 5) is 2.29. The van der Waals surface area contributed by atoms with Gasteiger partial charge < -0.3 is 23.8 Å². The number of ether oxygens (including phenoxy) is 4. The van der Waals surface area contributed by atoms with Crippen LogP contribution in [-0.4, -0.2) is 38.6 Å². The highest BCUT2D eigenvalue weighted by Gasteiger charge is 2.14. The molecule has 4 rings (SSSR count). The molecular weight excluding hydrogens is 406 g/mol. The fourth-order valence-electron chi connectivity index (χ4n) is 3.72. The van der Waals surface area contributed by atoms with Crippen molar-refractivity contribution in [3.63, 3.8) is 0 Å². The lowest BCUT2D eigenvalue weighted by Gasteiger charge is -2.26. The Labute approximate surface area is 187 Å². The van der Waals surface area contributed by atoms with Gasteiger partial charge in [-0.1, -0.05) is 0 Å².